The van der Waals surface area contributed by atoms with Crippen molar-refractivity contribution < 1.29 is 24.2 Å². The highest BCUT2D eigenvalue weighted by Gasteiger charge is 2.27. The Balaban J connectivity index is 1.42. The molecule has 1 heterocycles. The molecule has 2 aromatic carbocycles. The Hall–Kier alpha value is -2.77. The van der Waals surface area contributed by atoms with Crippen LogP contribution in [0.4, 0.5) is 10.1 Å². The molecule has 1 aliphatic rings. The first-order valence-corrected chi connectivity index (χ1v) is 11.0. The van der Waals surface area contributed by atoms with E-state index in [1.807, 2.05) is 23.1 Å². The number of rotatable bonds is 8. The summed E-state index contributed by atoms with van der Waals surface area (Å²) in [5.74, 6) is 0.0512. The number of anilines is 1. The van der Waals surface area contributed by atoms with Crippen LogP contribution in [0.15, 0.2) is 54.6 Å². The molecule has 0 bridgehead atoms. The molecule has 7 heteroatoms. The van der Waals surface area contributed by atoms with Gasteiger partial charge in [0.2, 0.25) is 0 Å². The molecule has 4 N–H and O–H groups in total. The first-order chi connectivity index (χ1) is 14.9. The van der Waals surface area contributed by atoms with Gasteiger partial charge in [-0.1, -0.05) is 50.2 Å². The maximum atomic E-state index is 13.3. The third-order valence-corrected chi connectivity index (χ3v) is 5.79. The number of halogens is 1. The Bertz CT molecular complexity index is 867. The van der Waals surface area contributed by atoms with Crippen molar-refractivity contribution in [1.29, 1.82) is 0 Å². The van der Waals surface area contributed by atoms with E-state index in [-0.39, 0.29) is 23.7 Å². The zero-order chi connectivity index (χ0) is 22.2. The van der Waals surface area contributed by atoms with Crippen LogP contribution in [0.1, 0.15) is 25.5 Å². The van der Waals surface area contributed by atoms with Gasteiger partial charge < -0.3 is 20.4 Å². The molecule has 3 rings (SSSR count). The number of quaternary nitrogens is 2. The molecule has 1 atom stereocenters. The number of nitrogens with zero attached hydrogens (tertiary/aromatic N) is 1. The summed E-state index contributed by atoms with van der Waals surface area (Å²) < 4.78 is 13.3. The largest absolute Gasteiger partial charge is 0.332 e. The van der Waals surface area contributed by atoms with Gasteiger partial charge in [-0.2, -0.15) is 0 Å². The number of piperazine rings is 1. The number of hydrogen-bond acceptors (Lipinski definition) is 2. The highest BCUT2D eigenvalue weighted by molar-refractivity contribution is 5.91. The number of nitrogens with two attached hydrogens (primary N) is 1. The summed E-state index contributed by atoms with van der Waals surface area (Å²) >= 11 is 0. The molecule has 2 amide bonds. The van der Waals surface area contributed by atoms with Gasteiger partial charge in [0, 0.05) is 17.2 Å². The van der Waals surface area contributed by atoms with Crippen LogP contribution in [0.3, 0.4) is 0 Å². The second-order valence-electron chi connectivity index (χ2n) is 8.49. The van der Waals surface area contributed by atoms with E-state index in [2.05, 4.69) is 36.6 Å². The highest BCUT2D eigenvalue weighted by Crippen LogP contribution is 2.16. The maximum absolute atomic E-state index is 13.3. The third-order valence-electron chi connectivity index (χ3n) is 5.79. The third kappa shape index (κ3) is 6.87. The number of nitrogens with one attached hydrogen (secondary N) is 2. The summed E-state index contributed by atoms with van der Waals surface area (Å²) in [6.07, 6.45) is 0. The Labute approximate surface area is 183 Å². The van der Waals surface area contributed by atoms with Crippen molar-refractivity contribution in [3.8, 4) is 0 Å². The molecule has 31 heavy (non-hydrogen) atoms. The molecule has 6 nitrogen and oxygen atoms in total. The molecule has 0 radical (unpaired) electrons. The number of carbonyl (C=O) groups is 2. The van der Waals surface area contributed by atoms with Crippen molar-refractivity contribution in [2.24, 2.45) is 5.92 Å². The molecule has 1 aliphatic heterocycles. The summed E-state index contributed by atoms with van der Waals surface area (Å²) in [5.41, 5.74) is 1.70. The minimum atomic E-state index is -0.374. The Morgan fingerprint density at radius 2 is 1.81 bits per heavy atom. The smallest absolute Gasteiger partial charge is 0.279 e. The molecule has 0 saturated carbocycles. The molecule has 0 unspecified atom stereocenters. The molecule has 0 aliphatic carbocycles. The lowest BCUT2D eigenvalue weighted by molar-refractivity contribution is -0.895. The molecule has 0 aromatic heterocycles. The van der Waals surface area contributed by atoms with Gasteiger partial charge >= 0.3 is 0 Å². The van der Waals surface area contributed by atoms with Crippen LogP contribution in [0.25, 0.3) is 0 Å². The van der Waals surface area contributed by atoms with E-state index >= 15 is 0 Å². The normalized spacial score (nSPS) is 15.7. The van der Waals surface area contributed by atoms with E-state index in [0.717, 1.165) is 18.0 Å². The highest BCUT2D eigenvalue weighted by atomic mass is 19.1. The average molecular weight is 429 g/mol. The standard InChI is InChI=1S/C24H31FN4O2/c1-18(2)24(19-7-4-3-5-8-19)26-16-23(31)29-13-11-28(12-14-29)17-22(30)27-21-10-6-9-20(25)15-21/h3-10,15,18,24,26H,11-14,16-17H2,1-2H3,(H,27,30)/p+2/t24-/m1/s1. The van der Waals surface area contributed by atoms with E-state index in [1.54, 1.807) is 12.1 Å². The van der Waals surface area contributed by atoms with Crippen molar-refractivity contribution >= 4 is 17.5 Å². The fraction of sp³-hybridized carbons (Fsp3) is 0.417. The molecule has 1 saturated heterocycles. The summed E-state index contributed by atoms with van der Waals surface area (Å²) in [7, 11) is 0. The van der Waals surface area contributed by atoms with E-state index < -0.39 is 0 Å². The summed E-state index contributed by atoms with van der Waals surface area (Å²) in [5, 5.41) is 4.87. The summed E-state index contributed by atoms with van der Waals surface area (Å²) in [6, 6.07) is 16.4. The first-order valence-electron chi connectivity index (χ1n) is 11.0. The van der Waals surface area contributed by atoms with Crippen molar-refractivity contribution in [1.82, 2.24) is 4.90 Å². The molecule has 1 fully saturated rings. The Kier molecular flexibility index (Phi) is 8.14. The van der Waals surface area contributed by atoms with Gasteiger partial charge in [-0.3, -0.25) is 9.59 Å². The number of hydrogen-bond donors (Lipinski definition) is 3. The second-order valence-corrected chi connectivity index (χ2v) is 8.49. The quantitative estimate of drug-likeness (QED) is 0.572. The molecule has 2 aromatic rings. The fourth-order valence-electron chi connectivity index (χ4n) is 4.07. The summed E-state index contributed by atoms with van der Waals surface area (Å²) in [6.45, 7) is 7.84. The minimum absolute atomic E-state index is 0.142. The summed E-state index contributed by atoms with van der Waals surface area (Å²) in [4.78, 5) is 28.0. The van der Waals surface area contributed by atoms with Crippen LogP contribution in [-0.2, 0) is 9.59 Å². The number of amides is 2. The number of benzene rings is 2. The molecular weight excluding hydrogens is 395 g/mol. The van der Waals surface area contributed by atoms with E-state index in [0.29, 0.717) is 37.8 Å². The fourth-order valence-corrected chi connectivity index (χ4v) is 4.07. The predicted molar refractivity (Wildman–Crippen MR) is 118 cm³/mol. The van der Waals surface area contributed by atoms with Crippen molar-refractivity contribution in [2.45, 2.75) is 19.9 Å². The van der Waals surface area contributed by atoms with Crippen molar-refractivity contribution in [2.75, 3.05) is 44.6 Å². The van der Waals surface area contributed by atoms with Gasteiger partial charge in [0.25, 0.3) is 11.8 Å². The van der Waals surface area contributed by atoms with E-state index in [9.17, 15) is 14.0 Å². The second kappa shape index (κ2) is 11.0. The lowest BCUT2D eigenvalue weighted by Gasteiger charge is -2.32. The van der Waals surface area contributed by atoms with Gasteiger partial charge in [0.1, 0.15) is 11.9 Å². The first kappa shape index (κ1) is 22.9. The average Bonchev–Trinajstić information content (AvgIpc) is 2.74. The van der Waals surface area contributed by atoms with Crippen molar-refractivity contribution in [3.63, 3.8) is 0 Å². The molecule has 166 valence electrons. The van der Waals surface area contributed by atoms with E-state index in [4.69, 9.17) is 0 Å². The Morgan fingerprint density at radius 3 is 2.45 bits per heavy atom. The zero-order valence-electron chi connectivity index (χ0n) is 18.3. The minimum Gasteiger partial charge on any atom is -0.332 e. The van der Waals surface area contributed by atoms with Gasteiger partial charge in [-0.25, -0.2) is 4.39 Å². The molecular formula is C24H33FN4O2+2. The Morgan fingerprint density at radius 1 is 1.10 bits per heavy atom. The lowest BCUT2D eigenvalue weighted by Crippen LogP contribution is -3.15. The SMILES string of the molecule is CC(C)[C@@H]([NH2+]CC(=O)N1CC[NH+](CC(=O)Nc2cccc(F)c2)CC1)c1ccccc1. The van der Waals surface area contributed by atoms with Crippen LogP contribution >= 0.6 is 0 Å². The van der Waals surface area contributed by atoms with Crippen LogP contribution in [0.5, 0.6) is 0 Å². The number of carbonyl (C=O) groups excluding carboxylic acids is 2. The van der Waals surface area contributed by atoms with Crippen LogP contribution in [0, 0.1) is 11.7 Å². The zero-order valence-corrected chi connectivity index (χ0v) is 18.3. The van der Waals surface area contributed by atoms with Gasteiger partial charge in [-0.05, 0) is 18.2 Å². The topological polar surface area (TPSA) is 70.5 Å². The maximum Gasteiger partial charge on any atom is 0.279 e. The van der Waals surface area contributed by atoms with Gasteiger partial charge in [0.15, 0.2) is 13.1 Å². The monoisotopic (exact) mass is 428 g/mol. The van der Waals surface area contributed by atoms with Crippen LogP contribution in [0.2, 0.25) is 0 Å². The van der Waals surface area contributed by atoms with Crippen LogP contribution < -0.4 is 15.5 Å². The lowest BCUT2D eigenvalue weighted by atomic mass is 9.96. The van der Waals surface area contributed by atoms with Crippen LogP contribution in [-0.4, -0.2) is 56.0 Å². The predicted octanol–water partition coefficient (Wildman–Crippen LogP) is 0.452. The van der Waals surface area contributed by atoms with Gasteiger partial charge in [0.05, 0.1) is 26.2 Å². The molecule has 0 spiro atoms. The van der Waals surface area contributed by atoms with Gasteiger partial charge in [-0.15, -0.1) is 0 Å². The van der Waals surface area contributed by atoms with Crippen molar-refractivity contribution in [3.05, 3.63) is 66.0 Å². The van der Waals surface area contributed by atoms with E-state index in [1.165, 1.54) is 17.7 Å².